The van der Waals surface area contributed by atoms with Crippen LogP contribution in [-0.4, -0.2) is 32.6 Å². The summed E-state index contributed by atoms with van der Waals surface area (Å²) in [5.74, 6) is -0.229. The van der Waals surface area contributed by atoms with Gasteiger partial charge in [-0.15, -0.1) is 11.3 Å². The van der Waals surface area contributed by atoms with Gasteiger partial charge in [0, 0.05) is 23.9 Å². The SMILES string of the molecule is Cc1ccc(/C=C2\SC(=S)N(CCCC(=O)Nc3nc(-c4ccccc4)cs3)C2=O)cc1. The van der Waals surface area contributed by atoms with Crippen LogP contribution in [0.25, 0.3) is 17.3 Å². The van der Waals surface area contributed by atoms with E-state index in [1.807, 2.05) is 73.0 Å². The zero-order valence-corrected chi connectivity index (χ0v) is 19.9. The number of aromatic nitrogens is 1. The smallest absolute Gasteiger partial charge is 0.266 e. The van der Waals surface area contributed by atoms with E-state index in [4.69, 9.17) is 12.2 Å². The molecule has 0 atom stereocenters. The first-order valence-corrected chi connectivity index (χ1v) is 12.2. The quantitative estimate of drug-likeness (QED) is 0.346. The van der Waals surface area contributed by atoms with Crippen LogP contribution in [0.5, 0.6) is 0 Å². The highest BCUT2D eigenvalue weighted by Crippen LogP contribution is 2.32. The van der Waals surface area contributed by atoms with E-state index >= 15 is 0 Å². The van der Waals surface area contributed by atoms with Gasteiger partial charge in [0.15, 0.2) is 5.13 Å². The summed E-state index contributed by atoms with van der Waals surface area (Å²) >= 11 is 8.08. The molecular formula is C24H21N3O2S3. The molecule has 32 heavy (non-hydrogen) atoms. The number of hydrogen-bond acceptors (Lipinski definition) is 6. The van der Waals surface area contributed by atoms with Crippen molar-refractivity contribution in [1.29, 1.82) is 0 Å². The highest BCUT2D eigenvalue weighted by molar-refractivity contribution is 8.26. The Bertz CT molecular complexity index is 1170. The Hall–Kier alpha value is -2.81. The zero-order chi connectivity index (χ0) is 22.5. The molecule has 162 valence electrons. The van der Waals surface area contributed by atoms with Crippen LogP contribution in [0.3, 0.4) is 0 Å². The third kappa shape index (κ3) is 5.51. The van der Waals surface area contributed by atoms with Gasteiger partial charge < -0.3 is 5.32 Å². The molecule has 2 aromatic carbocycles. The second-order valence-corrected chi connectivity index (χ2v) is 9.83. The van der Waals surface area contributed by atoms with Crippen molar-refractivity contribution >= 4 is 62.7 Å². The average Bonchev–Trinajstić information content (AvgIpc) is 3.36. The highest BCUT2D eigenvalue weighted by atomic mass is 32.2. The summed E-state index contributed by atoms with van der Waals surface area (Å²) in [4.78, 5) is 31.7. The van der Waals surface area contributed by atoms with Crippen LogP contribution in [0.15, 0.2) is 64.9 Å². The minimum Gasteiger partial charge on any atom is -0.302 e. The largest absolute Gasteiger partial charge is 0.302 e. The number of thiazole rings is 1. The molecule has 1 fully saturated rings. The first-order valence-electron chi connectivity index (χ1n) is 10.1. The van der Waals surface area contributed by atoms with Gasteiger partial charge in [0.2, 0.25) is 5.91 Å². The number of hydrogen-bond donors (Lipinski definition) is 1. The molecule has 1 aromatic heterocycles. The molecule has 8 heteroatoms. The number of carbonyl (C=O) groups is 2. The van der Waals surface area contributed by atoms with Gasteiger partial charge in [-0.3, -0.25) is 14.5 Å². The van der Waals surface area contributed by atoms with Crippen LogP contribution < -0.4 is 5.32 Å². The predicted molar refractivity (Wildman–Crippen MR) is 136 cm³/mol. The average molecular weight is 480 g/mol. The maximum absolute atomic E-state index is 12.7. The van der Waals surface area contributed by atoms with Crippen LogP contribution in [0.4, 0.5) is 5.13 Å². The summed E-state index contributed by atoms with van der Waals surface area (Å²) < 4.78 is 0.529. The maximum atomic E-state index is 12.7. The number of benzene rings is 2. The fourth-order valence-electron chi connectivity index (χ4n) is 3.16. The van der Waals surface area contributed by atoms with E-state index in [0.29, 0.717) is 27.3 Å². The Morgan fingerprint density at radius 2 is 1.91 bits per heavy atom. The lowest BCUT2D eigenvalue weighted by atomic mass is 10.1. The van der Waals surface area contributed by atoms with Crippen molar-refractivity contribution in [2.75, 3.05) is 11.9 Å². The van der Waals surface area contributed by atoms with Gasteiger partial charge in [-0.25, -0.2) is 4.98 Å². The molecule has 0 radical (unpaired) electrons. The molecule has 0 aliphatic carbocycles. The van der Waals surface area contributed by atoms with E-state index in [2.05, 4.69) is 10.3 Å². The fraction of sp³-hybridized carbons (Fsp3) is 0.167. The van der Waals surface area contributed by atoms with E-state index in [0.717, 1.165) is 16.8 Å². The lowest BCUT2D eigenvalue weighted by Gasteiger charge is -2.13. The number of nitrogens with one attached hydrogen (secondary N) is 1. The van der Waals surface area contributed by atoms with Crippen molar-refractivity contribution in [2.45, 2.75) is 19.8 Å². The van der Waals surface area contributed by atoms with Gasteiger partial charge in [-0.05, 0) is 25.0 Å². The van der Waals surface area contributed by atoms with Gasteiger partial charge >= 0.3 is 0 Å². The molecule has 2 heterocycles. The van der Waals surface area contributed by atoms with Crippen LogP contribution in [0, 0.1) is 6.92 Å². The fourth-order valence-corrected chi connectivity index (χ4v) is 5.20. The molecule has 1 aliphatic rings. The van der Waals surface area contributed by atoms with Crippen LogP contribution >= 0.6 is 35.3 Å². The summed E-state index contributed by atoms with van der Waals surface area (Å²) in [6, 6.07) is 17.8. The van der Waals surface area contributed by atoms with Crippen LogP contribution in [0.2, 0.25) is 0 Å². The van der Waals surface area contributed by atoms with Crippen molar-refractivity contribution in [3.8, 4) is 11.3 Å². The van der Waals surface area contributed by atoms with Gasteiger partial charge in [0.25, 0.3) is 5.91 Å². The lowest BCUT2D eigenvalue weighted by molar-refractivity contribution is -0.122. The van der Waals surface area contributed by atoms with E-state index in [9.17, 15) is 9.59 Å². The normalized spacial score (nSPS) is 14.9. The molecule has 3 aromatic rings. The van der Waals surface area contributed by atoms with Gasteiger partial charge in [0.1, 0.15) is 4.32 Å². The molecule has 0 spiro atoms. The van der Waals surface area contributed by atoms with Gasteiger partial charge in [0.05, 0.1) is 10.6 Å². The topological polar surface area (TPSA) is 62.3 Å². The predicted octanol–water partition coefficient (Wildman–Crippen LogP) is 5.74. The summed E-state index contributed by atoms with van der Waals surface area (Å²) in [5, 5.41) is 5.33. The first-order chi connectivity index (χ1) is 15.5. The van der Waals surface area contributed by atoms with Crippen LogP contribution in [-0.2, 0) is 9.59 Å². The summed E-state index contributed by atoms with van der Waals surface area (Å²) in [7, 11) is 0. The molecule has 0 saturated carbocycles. The van der Waals surface area contributed by atoms with E-state index in [-0.39, 0.29) is 18.2 Å². The Balaban J connectivity index is 1.28. The maximum Gasteiger partial charge on any atom is 0.266 e. The van der Waals surface area contributed by atoms with Crippen LogP contribution in [0.1, 0.15) is 24.0 Å². The van der Waals surface area contributed by atoms with E-state index < -0.39 is 0 Å². The molecule has 0 unspecified atom stereocenters. The molecule has 1 saturated heterocycles. The minimum atomic E-state index is -0.125. The number of carbonyl (C=O) groups excluding carboxylic acids is 2. The van der Waals surface area contributed by atoms with Crippen molar-refractivity contribution in [3.63, 3.8) is 0 Å². The Morgan fingerprint density at radius 1 is 1.16 bits per heavy atom. The first kappa shape index (κ1) is 22.4. The summed E-state index contributed by atoms with van der Waals surface area (Å²) in [6.07, 6.45) is 2.67. The summed E-state index contributed by atoms with van der Waals surface area (Å²) in [5.41, 5.74) is 3.98. The Morgan fingerprint density at radius 3 is 2.66 bits per heavy atom. The van der Waals surface area contributed by atoms with Gasteiger partial charge in [-0.1, -0.05) is 84.1 Å². The van der Waals surface area contributed by atoms with E-state index in [1.165, 1.54) is 28.7 Å². The Labute approximate surface area is 200 Å². The third-order valence-corrected chi connectivity index (χ3v) is 6.99. The minimum absolute atomic E-state index is 0.103. The van der Waals surface area contributed by atoms with Crippen molar-refractivity contribution < 1.29 is 9.59 Å². The molecule has 5 nitrogen and oxygen atoms in total. The molecule has 4 rings (SSSR count). The van der Waals surface area contributed by atoms with Crippen molar-refractivity contribution in [3.05, 3.63) is 76.0 Å². The third-order valence-electron chi connectivity index (χ3n) is 4.85. The van der Waals surface area contributed by atoms with Gasteiger partial charge in [-0.2, -0.15) is 0 Å². The van der Waals surface area contributed by atoms with Crippen molar-refractivity contribution in [2.24, 2.45) is 0 Å². The number of amides is 2. The van der Waals surface area contributed by atoms with E-state index in [1.54, 1.807) is 4.90 Å². The Kier molecular flexibility index (Phi) is 7.14. The number of thiocarbonyl (C=S) groups is 1. The molecular weight excluding hydrogens is 458 g/mol. The number of rotatable bonds is 7. The number of anilines is 1. The standard InChI is InChI=1S/C24H21N3O2S3/c1-16-9-11-17(12-10-16)14-20-22(29)27(24(30)32-20)13-5-8-21(28)26-23-25-19(15-31-23)18-6-3-2-4-7-18/h2-4,6-7,9-12,14-15H,5,8,13H2,1H3,(H,25,26,28)/b20-14-. The van der Waals surface area contributed by atoms with Crippen molar-refractivity contribution in [1.82, 2.24) is 9.88 Å². The highest BCUT2D eigenvalue weighted by Gasteiger charge is 2.31. The molecule has 2 amide bonds. The zero-order valence-electron chi connectivity index (χ0n) is 17.4. The number of thioether (sulfide) groups is 1. The monoisotopic (exact) mass is 479 g/mol. The summed E-state index contributed by atoms with van der Waals surface area (Å²) in [6.45, 7) is 2.44. The molecule has 1 N–H and O–H groups in total. The number of aryl methyl sites for hydroxylation is 1. The second kappa shape index (κ2) is 10.2. The lowest BCUT2D eigenvalue weighted by Crippen LogP contribution is -2.29. The molecule has 1 aliphatic heterocycles. The molecule has 0 bridgehead atoms. The second-order valence-electron chi connectivity index (χ2n) is 7.30. The number of nitrogens with zero attached hydrogens (tertiary/aromatic N) is 2.